The number of hydrogen-bond donors (Lipinski definition) is 0. The predicted octanol–water partition coefficient (Wildman–Crippen LogP) is 2.58. The molecule has 0 aromatic heterocycles. The molecule has 1 rings (SSSR count). The Labute approximate surface area is 102 Å². The number of amides is 1. The van der Waals surface area contributed by atoms with E-state index < -0.39 is 25.0 Å². The van der Waals surface area contributed by atoms with E-state index in [1.165, 1.54) is 31.3 Å². The van der Waals surface area contributed by atoms with Gasteiger partial charge in [-0.1, -0.05) is 6.07 Å². The van der Waals surface area contributed by atoms with E-state index in [1.54, 1.807) is 0 Å². The Morgan fingerprint density at radius 2 is 2.11 bits per heavy atom. The number of carbonyl (C=O) groups excluding carboxylic acids is 1. The molecule has 1 aromatic rings. The summed E-state index contributed by atoms with van der Waals surface area (Å²) in [7, 11) is 1.30. The number of benzene rings is 1. The Morgan fingerprint density at radius 3 is 2.67 bits per heavy atom. The molecule has 0 saturated heterocycles. The molecule has 0 atom stereocenters. The molecular weight excluding hydrogens is 245 g/mol. The molecule has 0 radical (unpaired) electrons. The van der Waals surface area contributed by atoms with E-state index in [0.29, 0.717) is 5.56 Å². The topological polar surface area (TPSA) is 44.1 Å². The van der Waals surface area contributed by atoms with E-state index in [4.69, 9.17) is 5.26 Å². The molecule has 18 heavy (non-hydrogen) atoms. The zero-order valence-corrected chi connectivity index (χ0v) is 9.66. The first-order chi connectivity index (χ1) is 8.33. The Bertz CT molecular complexity index is 477. The van der Waals surface area contributed by atoms with E-state index in [-0.39, 0.29) is 5.56 Å². The van der Waals surface area contributed by atoms with Crippen LogP contribution in [0.1, 0.15) is 22.3 Å². The summed E-state index contributed by atoms with van der Waals surface area (Å²) < 4.78 is 36.1. The van der Waals surface area contributed by atoms with Gasteiger partial charge in [-0.25, -0.2) is 0 Å². The van der Waals surface area contributed by atoms with E-state index in [0.717, 1.165) is 4.90 Å². The minimum atomic E-state index is -4.29. The maximum Gasteiger partial charge on any atom is 0.390 e. The molecule has 0 saturated carbocycles. The number of alkyl halides is 3. The molecule has 0 aliphatic rings. The molecule has 0 unspecified atom stereocenters. The summed E-state index contributed by atoms with van der Waals surface area (Å²) in [6.07, 6.45) is -5.34. The van der Waals surface area contributed by atoms with Crippen molar-refractivity contribution in [3.8, 4) is 6.07 Å². The van der Waals surface area contributed by atoms with E-state index in [2.05, 4.69) is 0 Å². The van der Waals surface area contributed by atoms with Gasteiger partial charge in [-0.05, 0) is 18.2 Å². The third-order valence-corrected chi connectivity index (χ3v) is 2.32. The quantitative estimate of drug-likeness (QED) is 0.834. The minimum absolute atomic E-state index is 0.207. The number of nitrogens with zero attached hydrogens (tertiary/aromatic N) is 2. The van der Waals surface area contributed by atoms with Crippen LogP contribution in [0, 0.1) is 11.3 Å². The highest BCUT2D eigenvalue weighted by Crippen LogP contribution is 2.20. The molecule has 1 aromatic carbocycles. The van der Waals surface area contributed by atoms with Gasteiger partial charge in [-0.15, -0.1) is 0 Å². The summed E-state index contributed by atoms with van der Waals surface area (Å²) in [5, 5.41) is 8.67. The van der Waals surface area contributed by atoms with Crippen LogP contribution in [0.25, 0.3) is 0 Å². The van der Waals surface area contributed by atoms with Gasteiger partial charge in [-0.3, -0.25) is 4.79 Å². The smallest absolute Gasteiger partial charge is 0.341 e. The first-order valence-corrected chi connectivity index (χ1v) is 5.16. The van der Waals surface area contributed by atoms with Crippen LogP contribution in [0.3, 0.4) is 0 Å². The average molecular weight is 256 g/mol. The van der Waals surface area contributed by atoms with Crippen molar-refractivity contribution in [1.29, 1.82) is 5.26 Å². The van der Waals surface area contributed by atoms with Crippen molar-refractivity contribution >= 4 is 5.91 Å². The molecule has 0 aliphatic carbocycles. The maximum absolute atomic E-state index is 12.0. The summed E-state index contributed by atoms with van der Waals surface area (Å²) >= 11 is 0. The molecule has 6 heteroatoms. The van der Waals surface area contributed by atoms with Gasteiger partial charge in [0.15, 0.2) is 0 Å². The fourth-order valence-corrected chi connectivity index (χ4v) is 1.34. The van der Waals surface area contributed by atoms with Crippen LogP contribution >= 0.6 is 0 Å². The van der Waals surface area contributed by atoms with Crippen molar-refractivity contribution in [1.82, 2.24) is 4.90 Å². The van der Waals surface area contributed by atoms with Crippen LogP contribution < -0.4 is 0 Å². The van der Waals surface area contributed by atoms with Gasteiger partial charge in [0.1, 0.15) is 0 Å². The van der Waals surface area contributed by atoms with Crippen LogP contribution in [0.5, 0.6) is 0 Å². The van der Waals surface area contributed by atoms with Gasteiger partial charge in [-0.2, -0.15) is 18.4 Å². The van der Waals surface area contributed by atoms with Gasteiger partial charge < -0.3 is 4.90 Å². The highest BCUT2D eigenvalue weighted by molar-refractivity contribution is 5.94. The van der Waals surface area contributed by atoms with Crippen LogP contribution in [0.15, 0.2) is 24.3 Å². The van der Waals surface area contributed by atoms with E-state index >= 15 is 0 Å². The Hall–Kier alpha value is -2.03. The number of nitriles is 1. The SMILES string of the molecule is CN(CCC(F)(F)F)C(=O)c1cccc(C#N)c1. The molecule has 3 nitrogen and oxygen atoms in total. The van der Waals surface area contributed by atoms with Crippen molar-refractivity contribution in [2.45, 2.75) is 12.6 Å². The molecule has 96 valence electrons. The second-order valence-corrected chi connectivity index (χ2v) is 3.78. The largest absolute Gasteiger partial charge is 0.390 e. The third kappa shape index (κ3) is 4.09. The van der Waals surface area contributed by atoms with Crippen molar-refractivity contribution < 1.29 is 18.0 Å². The highest BCUT2D eigenvalue weighted by Gasteiger charge is 2.28. The van der Waals surface area contributed by atoms with Crippen molar-refractivity contribution in [2.24, 2.45) is 0 Å². The molecule has 1 amide bonds. The monoisotopic (exact) mass is 256 g/mol. The number of rotatable bonds is 3. The van der Waals surface area contributed by atoms with Crippen molar-refractivity contribution in [2.75, 3.05) is 13.6 Å². The molecule has 0 spiro atoms. The van der Waals surface area contributed by atoms with Gasteiger partial charge in [0.05, 0.1) is 18.1 Å². The van der Waals surface area contributed by atoms with Gasteiger partial charge >= 0.3 is 6.18 Å². The second-order valence-electron chi connectivity index (χ2n) is 3.78. The van der Waals surface area contributed by atoms with E-state index in [9.17, 15) is 18.0 Å². The van der Waals surface area contributed by atoms with Crippen LogP contribution in [0.2, 0.25) is 0 Å². The van der Waals surface area contributed by atoms with Crippen LogP contribution in [-0.2, 0) is 0 Å². The fraction of sp³-hybridized carbons (Fsp3) is 0.333. The van der Waals surface area contributed by atoms with Gasteiger partial charge in [0.2, 0.25) is 0 Å². The summed E-state index contributed by atoms with van der Waals surface area (Å²) in [5.74, 6) is -0.531. The lowest BCUT2D eigenvalue weighted by Crippen LogP contribution is -2.30. The van der Waals surface area contributed by atoms with Crippen LogP contribution in [-0.4, -0.2) is 30.6 Å². The lowest BCUT2D eigenvalue weighted by Gasteiger charge is -2.18. The standard InChI is InChI=1S/C12H11F3N2O/c1-17(6-5-12(13,14)15)11(18)10-4-2-3-9(7-10)8-16/h2-4,7H,5-6H2,1H3. The third-order valence-electron chi connectivity index (χ3n) is 2.32. The number of carbonyl (C=O) groups is 1. The second kappa shape index (κ2) is 5.54. The fourth-order valence-electron chi connectivity index (χ4n) is 1.34. The molecule has 0 bridgehead atoms. The number of halogens is 3. The summed E-state index contributed by atoms with van der Waals surface area (Å²) in [6.45, 7) is -0.404. The van der Waals surface area contributed by atoms with Gasteiger partial charge in [0.25, 0.3) is 5.91 Å². The lowest BCUT2D eigenvalue weighted by atomic mass is 10.1. The molecule has 0 N–H and O–H groups in total. The predicted molar refractivity (Wildman–Crippen MR) is 58.8 cm³/mol. The zero-order chi connectivity index (χ0) is 13.8. The number of hydrogen-bond acceptors (Lipinski definition) is 2. The molecule has 0 heterocycles. The Kier molecular flexibility index (Phi) is 4.32. The summed E-state index contributed by atoms with van der Waals surface area (Å²) in [6, 6.07) is 7.72. The van der Waals surface area contributed by atoms with Gasteiger partial charge in [0, 0.05) is 19.2 Å². The molecule has 0 fully saturated rings. The first-order valence-electron chi connectivity index (χ1n) is 5.16. The van der Waals surface area contributed by atoms with Crippen molar-refractivity contribution in [3.05, 3.63) is 35.4 Å². The lowest BCUT2D eigenvalue weighted by molar-refractivity contribution is -0.136. The summed E-state index contributed by atoms with van der Waals surface area (Å²) in [5.41, 5.74) is 0.504. The Morgan fingerprint density at radius 1 is 1.44 bits per heavy atom. The Balaban J connectivity index is 2.72. The van der Waals surface area contributed by atoms with Crippen LogP contribution in [0.4, 0.5) is 13.2 Å². The minimum Gasteiger partial charge on any atom is -0.341 e. The molecular formula is C12H11F3N2O. The molecule has 0 aliphatic heterocycles. The van der Waals surface area contributed by atoms with E-state index in [1.807, 2.05) is 6.07 Å². The summed E-state index contributed by atoms with van der Waals surface area (Å²) in [4.78, 5) is 12.8. The average Bonchev–Trinajstić information content (AvgIpc) is 2.34. The maximum atomic E-state index is 12.0. The first kappa shape index (κ1) is 14.0. The normalized spacial score (nSPS) is 10.8. The highest BCUT2D eigenvalue weighted by atomic mass is 19.4. The van der Waals surface area contributed by atoms with Crippen molar-refractivity contribution in [3.63, 3.8) is 0 Å². The zero-order valence-electron chi connectivity index (χ0n) is 9.66.